The van der Waals surface area contributed by atoms with E-state index in [9.17, 15) is 0 Å². The zero-order valence-corrected chi connectivity index (χ0v) is 8.49. The quantitative estimate of drug-likeness (QED) is 0.538. The van der Waals surface area contributed by atoms with Gasteiger partial charge in [-0.3, -0.25) is 0 Å². The minimum Gasteiger partial charge on any atom is -0.394 e. The highest BCUT2D eigenvalue weighted by molar-refractivity contribution is 4.54. The molecule has 0 aromatic carbocycles. The smallest absolute Gasteiger partial charge is 0.104 e. The first-order valence-corrected chi connectivity index (χ1v) is 4.64. The third kappa shape index (κ3) is 8.18. The van der Waals surface area contributed by atoms with E-state index in [1.54, 1.807) is 7.11 Å². The van der Waals surface area contributed by atoms with Crippen molar-refractivity contribution in [3.05, 3.63) is 0 Å². The van der Waals surface area contributed by atoms with Crippen molar-refractivity contribution in [3.8, 4) is 0 Å². The molecule has 4 heteroatoms. The van der Waals surface area contributed by atoms with Crippen LogP contribution in [0.15, 0.2) is 0 Å². The maximum atomic E-state index is 8.49. The van der Waals surface area contributed by atoms with E-state index in [0.29, 0.717) is 19.8 Å². The van der Waals surface area contributed by atoms with Crippen LogP contribution in [0.2, 0.25) is 0 Å². The molecule has 0 bridgehead atoms. The summed E-state index contributed by atoms with van der Waals surface area (Å²) in [7, 11) is 1.63. The molecule has 1 N–H and O–H groups in total. The number of hydrogen-bond donors (Lipinski definition) is 1. The number of ether oxygens (including phenoxy) is 3. The van der Waals surface area contributed by atoms with Crippen molar-refractivity contribution in [1.82, 2.24) is 0 Å². The van der Waals surface area contributed by atoms with Gasteiger partial charge in [0, 0.05) is 13.7 Å². The largest absolute Gasteiger partial charge is 0.394 e. The summed E-state index contributed by atoms with van der Waals surface area (Å²) in [4.78, 5) is 0. The third-order valence-electron chi connectivity index (χ3n) is 1.45. The van der Waals surface area contributed by atoms with Crippen molar-refractivity contribution >= 4 is 0 Å². The Morgan fingerprint density at radius 3 is 2.54 bits per heavy atom. The molecule has 0 aromatic heterocycles. The summed E-state index contributed by atoms with van der Waals surface area (Å²) in [5.74, 6) is 0. The van der Waals surface area contributed by atoms with Crippen LogP contribution < -0.4 is 0 Å². The molecule has 80 valence electrons. The van der Waals surface area contributed by atoms with E-state index in [1.165, 1.54) is 0 Å². The van der Waals surface area contributed by atoms with E-state index in [4.69, 9.17) is 19.3 Å². The molecule has 13 heavy (non-hydrogen) atoms. The van der Waals surface area contributed by atoms with Gasteiger partial charge in [-0.05, 0) is 6.42 Å². The van der Waals surface area contributed by atoms with Crippen molar-refractivity contribution in [2.75, 3.05) is 40.1 Å². The predicted octanol–water partition coefficient (Wildman–Crippen LogP) is 0.437. The second-order valence-electron chi connectivity index (χ2n) is 2.75. The summed E-state index contributed by atoms with van der Waals surface area (Å²) in [6, 6.07) is 0. The van der Waals surface area contributed by atoms with Gasteiger partial charge in [-0.1, -0.05) is 6.92 Å². The van der Waals surface area contributed by atoms with Crippen LogP contribution >= 0.6 is 0 Å². The molecule has 0 saturated heterocycles. The Morgan fingerprint density at radius 2 is 2.00 bits per heavy atom. The molecule has 0 heterocycles. The highest BCUT2D eigenvalue weighted by Crippen LogP contribution is 1.95. The molecule has 4 nitrogen and oxygen atoms in total. The van der Waals surface area contributed by atoms with Crippen LogP contribution in [-0.4, -0.2) is 51.4 Å². The van der Waals surface area contributed by atoms with E-state index in [1.807, 2.05) is 0 Å². The summed E-state index contributed by atoms with van der Waals surface area (Å²) >= 11 is 0. The third-order valence-corrected chi connectivity index (χ3v) is 1.45. The number of hydrogen-bond acceptors (Lipinski definition) is 4. The first kappa shape index (κ1) is 12.8. The van der Waals surface area contributed by atoms with Gasteiger partial charge in [0.05, 0.1) is 26.4 Å². The van der Waals surface area contributed by atoms with Crippen LogP contribution in [0.5, 0.6) is 0 Å². The Balaban J connectivity index is 3.41. The maximum absolute atomic E-state index is 8.49. The summed E-state index contributed by atoms with van der Waals surface area (Å²) in [6.45, 7) is 4.19. The number of methoxy groups -OCH3 is 1. The maximum Gasteiger partial charge on any atom is 0.104 e. The van der Waals surface area contributed by atoms with Crippen molar-refractivity contribution in [2.24, 2.45) is 0 Å². The standard InChI is InChI=1S/C9H20O4/c1-3-5-13-9(7-11-2)8-12-6-4-10/h9-10H,3-8H2,1-2H3. The lowest BCUT2D eigenvalue weighted by atomic mass is 10.4. The Labute approximate surface area is 79.8 Å². The average molecular weight is 192 g/mol. The van der Waals surface area contributed by atoms with E-state index in [2.05, 4.69) is 6.92 Å². The van der Waals surface area contributed by atoms with Gasteiger partial charge in [0.25, 0.3) is 0 Å². The molecule has 0 rings (SSSR count). The topological polar surface area (TPSA) is 47.9 Å². The van der Waals surface area contributed by atoms with E-state index < -0.39 is 0 Å². The van der Waals surface area contributed by atoms with Crippen LogP contribution in [-0.2, 0) is 14.2 Å². The SMILES string of the molecule is CCCOC(COC)COCCO. The van der Waals surface area contributed by atoms with Crippen LogP contribution in [0.3, 0.4) is 0 Å². The summed E-state index contributed by atoms with van der Waals surface area (Å²) in [5.41, 5.74) is 0. The van der Waals surface area contributed by atoms with Crippen LogP contribution in [0.25, 0.3) is 0 Å². The van der Waals surface area contributed by atoms with Gasteiger partial charge in [0.1, 0.15) is 6.10 Å². The van der Waals surface area contributed by atoms with Crippen LogP contribution in [0.1, 0.15) is 13.3 Å². The van der Waals surface area contributed by atoms with Crippen LogP contribution in [0, 0.1) is 0 Å². The zero-order valence-electron chi connectivity index (χ0n) is 8.49. The van der Waals surface area contributed by atoms with Gasteiger partial charge in [0.15, 0.2) is 0 Å². The highest BCUT2D eigenvalue weighted by atomic mass is 16.6. The van der Waals surface area contributed by atoms with Crippen molar-refractivity contribution in [2.45, 2.75) is 19.4 Å². The molecule has 0 radical (unpaired) electrons. The van der Waals surface area contributed by atoms with Gasteiger partial charge in [0.2, 0.25) is 0 Å². The average Bonchev–Trinajstić information content (AvgIpc) is 2.14. The second kappa shape index (κ2) is 9.92. The lowest BCUT2D eigenvalue weighted by Gasteiger charge is -2.16. The number of aliphatic hydroxyl groups is 1. The van der Waals surface area contributed by atoms with E-state index in [0.717, 1.165) is 13.0 Å². The van der Waals surface area contributed by atoms with E-state index in [-0.39, 0.29) is 12.7 Å². The van der Waals surface area contributed by atoms with Crippen molar-refractivity contribution in [1.29, 1.82) is 0 Å². The summed E-state index contributed by atoms with van der Waals surface area (Å²) in [5, 5.41) is 8.49. The Bertz CT molecular complexity index is 97.6. The second-order valence-corrected chi connectivity index (χ2v) is 2.75. The lowest BCUT2D eigenvalue weighted by Crippen LogP contribution is -2.26. The first-order chi connectivity index (χ1) is 6.35. The molecule has 1 atom stereocenters. The fourth-order valence-electron chi connectivity index (χ4n) is 0.894. The van der Waals surface area contributed by atoms with Gasteiger partial charge in [-0.25, -0.2) is 0 Å². The zero-order chi connectivity index (χ0) is 9.94. The summed E-state index contributed by atoms with van der Waals surface area (Å²) in [6.07, 6.45) is 0.969. The highest BCUT2D eigenvalue weighted by Gasteiger charge is 2.07. The molecular weight excluding hydrogens is 172 g/mol. The minimum atomic E-state index is -0.0171. The van der Waals surface area contributed by atoms with Gasteiger partial charge >= 0.3 is 0 Å². The number of aliphatic hydroxyl groups excluding tert-OH is 1. The molecular formula is C9H20O4. The fourth-order valence-corrected chi connectivity index (χ4v) is 0.894. The molecule has 1 unspecified atom stereocenters. The predicted molar refractivity (Wildman–Crippen MR) is 49.8 cm³/mol. The normalized spacial score (nSPS) is 13.2. The molecule has 0 aromatic rings. The molecule has 0 aliphatic carbocycles. The minimum absolute atomic E-state index is 0.0171. The molecule has 0 saturated carbocycles. The Kier molecular flexibility index (Phi) is 9.80. The number of rotatable bonds is 9. The van der Waals surface area contributed by atoms with Gasteiger partial charge in [-0.15, -0.1) is 0 Å². The van der Waals surface area contributed by atoms with E-state index >= 15 is 0 Å². The van der Waals surface area contributed by atoms with Crippen LogP contribution in [0.4, 0.5) is 0 Å². The first-order valence-electron chi connectivity index (χ1n) is 4.64. The molecule has 0 fully saturated rings. The van der Waals surface area contributed by atoms with Gasteiger partial charge in [-0.2, -0.15) is 0 Å². The molecule has 0 spiro atoms. The molecule has 0 aliphatic heterocycles. The Hall–Kier alpha value is -0.160. The fraction of sp³-hybridized carbons (Fsp3) is 1.00. The molecule has 0 aliphatic rings. The lowest BCUT2D eigenvalue weighted by molar-refractivity contribution is -0.0551. The van der Waals surface area contributed by atoms with Gasteiger partial charge < -0.3 is 19.3 Å². The molecule has 0 amide bonds. The van der Waals surface area contributed by atoms with Crippen molar-refractivity contribution < 1.29 is 19.3 Å². The monoisotopic (exact) mass is 192 g/mol. The Morgan fingerprint density at radius 1 is 1.23 bits per heavy atom. The summed E-state index contributed by atoms with van der Waals surface area (Å²) < 4.78 is 15.6. The van der Waals surface area contributed by atoms with Crippen molar-refractivity contribution in [3.63, 3.8) is 0 Å².